The molecule has 1 saturated heterocycles. The van der Waals surface area contributed by atoms with E-state index in [9.17, 15) is 9.59 Å². The number of ketones is 2. The Morgan fingerprint density at radius 3 is 1.47 bits per heavy atom. The van der Waals surface area contributed by atoms with Crippen LogP contribution in [0.4, 0.5) is 0 Å². The zero-order chi connectivity index (χ0) is 20.5. The SMILES string of the molecule is O=C1C=C(N2CCN(C3=CC(=O)CC(c4ccco4)C3)CC2)CC(c2ccco2)C1. The monoisotopic (exact) mass is 406 g/mol. The van der Waals surface area contributed by atoms with Gasteiger partial charge in [0, 0.05) is 74.4 Å². The molecule has 6 nitrogen and oxygen atoms in total. The fourth-order valence-electron chi connectivity index (χ4n) is 4.91. The van der Waals surface area contributed by atoms with Crippen LogP contribution in [0, 0.1) is 0 Å². The Morgan fingerprint density at radius 1 is 0.667 bits per heavy atom. The molecule has 6 heteroatoms. The lowest BCUT2D eigenvalue weighted by Crippen LogP contribution is -2.46. The molecule has 0 aromatic carbocycles. The Hall–Kier alpha value is -3.02. The van der Waals surface area contributed by atoms with Crippen molar-refractivity contribution in [2.24, 2.45) is 0 Å². The van der Waals surface area contributed by atoms with Crippen LogP contribution in [0.2, 0.25) is 0 Å². The van der Waals surface area contributed by atoms with Gasteiger partial charge in [0.2, 0.25) is 0 Å². The number of rotatable bonds is 4. The van der Waals surface area contributed by atoms with Crippen LogP contribution < -0.4 is 0 Å². The number of carbonyl (C=O) groups excluding carboxylic acids is 2. The molecule has 0 bridgehead atoms. The smallest absolute Gasteiger partial charge is 0.158 e. The topological polar surface area (TPSA) is 66.9 Å². The summed E-state index contributed by atoms with van der Waals surface area (Å²) in [5.74, 6) is 2.37. The van der Waals surface area contributed by atoms with E-state index in [4.69, 9.17) is 8.83 Å². The van der Waals surface area contributed by atoms with Gasteiger partial charge >= 0.3 is 0 Å². The Bertz CT molecular complexity index is 883. The minimum Gasteiger partial charge on any atom is -0.469 e. The number of furan rings is 2. The van der Waals surface area contributed by atoms with Gasteiger partial charge < -0.3 is 18.6 Å². The molecule has 2 atom stereocenters. The first kappa shape index (κ1) is 19.0. The molecule has 3 aliphatic rings. The Balaban J connectivity index is 1.23. The zero-order valence-corrected chi connectivity index (χ0v) is 17.0. The molecule has 1 fully saturated rings. The van der Waals surface area contributed by atoms with Gasteiger partial charge in [-0.15, -0.1) is 0 Å². The van der Waals surface area contributed by atoms with E-state index in [1.807, 2.05) is 36.4 Å². The molecule has 5 rings (SSSR count). The van der Waals surface area contributed by atoms with Crippen molar-refractivity contribution in [1.29, 1.82) is 0 Å². The summed E-state index contributed by atoms with van der Waals surface area (Å²) in [6.07, 6.45) is 9.66. The summed E-state index contributed by atoms with van der Waals surface area (Å²) < 4.78 is 11.1. The van der Waals surface area contributed by atoms with E-state index >= 15 is 0 Å². The van der Waals surface area contributed by atoms with Crippen molar-refractivity contribution in [2.75, 3.05) is 26.2 Å². The van der Waals surface area contributed by atoms with Crippen molar-refractivity contribution in [3.05, 3.63) is 71.9 Å². The third-order valence-corrected chi connectivity index (χ3v) is 6.44. The summed E-state index contributed by atoms with van der Waals surface area (Å²) in [5.41, 5.74) is 2.21. The second-order valence-corrected chi connectivity index (χ2v) is 8.42. The molecule has 2 aromatic rings. The molecule has 156 valence electrons. The van der Waals surface area contributed by atoms with Gasteiger partial charge in [0.25, 0.3) is 0 Å². The summed E-state index contributed by atoms with van der Waals surface area (Å²) in [7, 11) is 0. The van der Waals surface area contributed by atoms with Crippen LogP contribution in [0.15, 0.2) is 69.2 Å². The van der Waals surface area contributed by atoms with Crippen molar-refractivity contribution in [1.82, 2.24) is 9.80 Å². The molecular formula is C24H26N2O4. The summed E-state index contributed by atoms with van der Waals surface area (Å²) in [6.45, 7) is 3.39. The first-order valence-corrected chi connectivity index (χ1v) is 10.7. The van der Waals surface area contributed by atoms with E-state index in [0.717, 1.165) is 61.9 Å². The van der Waals surface area contributed by atoms with Gasteiger partial charge in [-0.1, -0.05) is 0 Å². The van der Waals surface area contributed by atoms with E-state index in [-0.39, 0.29) is 23.4 Å². The Kier molecular flexibility index (Phi) is 5.07. The van der Waals surface area contributed by atoms with Gasteiger partial charge in [-0.25, -0.2) is 0 Å². The van der Waals surface area contributed by atoms with E-state index in [0.29, 0.717) is 12.8 Å². The van der Waals surface area contributed by atoms with Crippen LogP contribution in [0.3, 0.4) is 0 Å². The van der Waals surface area contributed by atoms with Crippen LogP contribution in [0.5, 0.6) is 0 Å². The fraction of sp³-hybridized carbons (Fsp3) is 0.417. The molecule has 3 heterocycles. The Labute approximate surface area is 175 Å². The van der Waals surface area contributed by atoms with E-state index in [1.165, 1.54) is 0 Å². The second kappa shape index (κ2) is 8.01. The molecule has 0 spiro atoms. The molecule has 0 amide bonds. The van der Waals surface area contributed by atoms with Gasteiger partial charge in [-0.2, -0.15) is 0 Å². The molecule has 2 aromatic heterocycles. The van der Waals surface area contributed by atoms with Crippen LogP contribution in [-0.2, 0) is 9.59 Å². The molecule has 0 radical (unpaired) electrons. The number of nitrogens with zero attached hydrogens (tertiary/aromatic N) is 2. The number of carbonyl (C=O) groups is 2. The third kappa shape index (κ3) is 3.86. The highest BCUT2D eigenvalue weighted by atomic mass is 16.3. The predicted octanol–water partition coefficient (Wildman–Crippen LogP) is 3.85. The van der Waals surface area contributed by atoms with E-state index in [1.54, 1.807) is 12.5 Å². The zero-order valence-electron chi connectivity index (χ0n) is 17.0. The predicted molar refractivity (Wildman–Crippen MR) is 111 cm³/mol. The number of hydrogen-bond acceptors (Lipinski definition) is 6. The second-order valence-electron chi connectivity index (χ2n) is 8.42. The van der Waals surface area contributed by atoms with Crippen LogP contribution in [0.1, 0.15) is 49.0 Å². The highest BCUT2D eigenvalue weighted by Gasteiger charge is 2.31. The maximum atomic E-state index is 12.3. The highest BCUT2D eigenvalue weighted by Crippen LogP contribution is 2.36. The molecule has 30 heavy (non-hydrogen) atoms. The summed E-state index contributed by atoms with van der Waals surface area (Å²) in [5, 5.41) is 0. The summed E-state index contributed by atoms with van der Waals surface area (Å²) in [4.78, 5) is 29.3. The maximum Gasteiger partial charge on any atom is 0.158 e. The minimum absolute atomic E-state index is 0.123. The first-order valence-electron chi connectivity index (χ1n) is 10.7. The summed E-state index contributed by atoms with van der Waals surface area (Å²) in [6, 6.07) is 7.68. The average molecular weight is 406 g/mol. The largest absolute Gasteiger partial charge is 0.469 e. The summed E-state index contributed by atoms with van der Waals surface area (Å²) >= 11 is 0. The molecule has 1 aliphatic heterocycles. The first-order chi connectivity index (χ1) is 14.7. The quantitative estimate of drug-likeness (QED) is 0.768. The van der Waals surface area contributed by atoms with Crippen molar-refractivity contribution < 1.29 is 18.4 Å². The standard InChI is InChI=1S/C24H26N2O4/c27-21-13-17(23-3-1-9-29-23)11-19(15-21)25-5-7-26(8-6-25)20-12-18(14-22(28)16-20)24-4-2-10-30-24/h1-4,9-10,15-18H,5-8,11-14H2. The van der Waals surface area contributed by atoms with Crippen molar-refractivity contribution in [3.63, 3.8) is 0 Å². The lowest BCUT2D eigenvalue weighted by molar-refractivity contribution is -0.116. The van der Waals surface area contributed by atoms with E-state index < -0.39 is 0 Å². The molecule has 2 aliphatic carbocycles. The molecular weight excluding hydrogens is 380 g/mol. The highest BCUT2D eigenvalue weighted by molar-refractivity contribution is 5.92. The molecule has 0 N–H and O–H groups in total. The average Bonchev–Trinajstić information content (AvgIpc) is 3.47. The van der Waals surface area contributed by atoms with Gasteiger partial charge in [0.15, 0.2) is 11.6 Å². The van der Waals surface area contributed by atoms with Crippen LogP contribution in [-0.4, -0.2) is 47.5 Å². The molecule has 0 saturated carbocycles. The lowest BCUT2D eigenvalue weighted by Gasteiger charge is -2.41. The van der Waals surface area contributed by atoms with Gasteiger partial charge in [-0.3, -0.25) is 9.59 Å². The minimum atomic E-state index is 0.123. The normalized spacial score (nSPS) is 25.3. The third-order valence-electron chi connectivity index (χ3n) is 6.44. The van der Waals surface area contributed by atoms with Crippen LogP contribution >= 0.6 is 0 Å². The number of allylic oxidation sites excluding steroid dienone is 4. The van der Waals surface area contributed by atoms with Gasteiger partial charge in [0.05, 0.1) is 12.5 Å². The van der Waals surface area contributed by atoms with Gasteiger partial charge in [0.1, 0.15) is 11.5 Å². The van der Waals surface area contributed by atoms with Crippen molar-refractivity contribution in [3.8, 4) is 0 Å². The maximum absolute atomic E-state index is 12.3. The van der Waals surface area contributed by atoms with E-state index in [2.05, 4.69) is 9.80 Å². The number of hydrogen-bond donors (Lipinski definition) is 0. The van der Waals surface area contributed by atoms with Crippen LogP contribution in [0.25, 0.3) is 0 Å². The molecule has 2 unspecified atom stereocenters. The van der Waals surface area contributed by atoms with Crippen molar-refractivity contribution in [2.45, 2.75) is 37.5 Å². The van der Waals surface area contributed by atoms with Crippen molar-refractivity contribution >= 4 is 11.6 Å². The Morgan fingerprint density at radius 2 is 1.10 bits per heavy atom. The fourth-order valence-corrected chi connectivity index (χ4v) is 4.91. The number of piperazine rings is 1. The van der Waals surface area contributed by atoms with Gasteiger partial charge in [-0.05, 0) is 37.1 Å². The lowest BCUT2D eigenvalue weighted by atomic mass is 9.88.